The summed E-state index contributed by atoms with van der Waals surface area (Å²) >= 11 is 10.8. The highest BCUT2D eigenvalue weighted by atomic mass is 35.5. The average molecular weight is 295 g/mol. The van der Waals surface area contributed by atoms with Gasteiger partial charge in [0, 0.05) is 12.4 Å². The van der Waals surface area contributed by atoms with Crippen LogP contribution in [-0.2, 0) is 11.3 Å². The van der Waals surface area contributed by atoms with E-state index >= 15 is 0 Å². The summed E-state index contributed by atoms with van der Waals surface area (Å²) < 4.78 is 1.58. The zero-order chi connectivity index (χ0) is 13.8. The molecule has 3 N–H and O–H groups in total. The Kier molecular flexibility index (Phi) is 4.13. The van der Waals surface area contributed by atoms with Gasteiger partial charge in [-0.3, -0.25) is 4.79 Å². The van der Waals surface area contributed by atoms with E-state index in [1.165, 1.54) is 6.20 Å². The number of nitrogens with two attached hydrogens (primary N) is 1. The molecule has 2 rings (SSSR count). The number of hydrogen-bond acceptors (Lipinski definition) is 3. The van der Waals surface area contributed by atoms with Gasteiger partial charge < -0.3 is 15.6 Å². The first-order valence-corrected chi connectivity index (χ1v) is 6.22. The van der Waals surface area contributed by atoms with Crippen LogP contribution in [0.3, 0.4) is 0 Å². The molecule has 19 heavy (non-hydrogen) atoms. The molecule has 0 aliphatic carbocycles. The zero-order valence-corrected chi connectivity index (χ0v) is 11.4. The van der Waals surface area contributed by atoms with Crippen LogP contribution in [-0.4, -0.2) is 20.4 Å². The molecule has 0 saturated heterocycles. The van der Waals surface area contributed by atoms with E-state index in [9.17, 15) is 4.79 Å². The first kappa shape index (κ1) is 13.5. The van der Waals surface area contributed by atoms with Crippen molar-refractivity contribution in [2.75, 3.05) is 5.32 Å². The highest BCUT2D eigenvalue weighted by molar-refractivity contribution is 7.80. The maximum absolute atomic E-state index is 11.9. The second-order valence-electron chi connectivity index (χ2n) is 3.77. The summed E-state index contributed by atoms with van der Waals surface area (Å²) in [5.41, 5.74) is 6.07. The predicted molar refractivity (Wildman–Crippen MR) is 78.2 cm³/mol. The van der Waals surface area contributed by atoms with E-state index in [0.717, 1.165) is 0 Å². The molecule has 98 valence electrons. The van der Waals surface area contributed by atoms with Crippen molar-refractivity contribution in [2.45, 2.75) is 6.54 Å². The van der Waals surface area contributed by atoms with Gasteiger partial charge in [0.15, 0.2) is 5.82 Å². The van der Waals surface area contributed by atoms with Gasteiger partial charge in [0.2, 0.25) is 5.91 Å². The molecule has 0 unspecified atom stereocenters. The number of carbonyl (C=O) groups excluding carboxylic acids is 1. The third-order valence-electron chi connectivity index (χ3n) is 2.40. The van der Waals surface area contributed by atoms with Crippen LogP contribution in [0.25, 0.3) is 0 Å². The molecule has 1 heterocycles. The van der Waals surface area contributed by atoms with Crippen LogP contribution in [0.2, 0.25) is 5.02 Å². The Labute approximate surface area is 120 Å². The summed E-state index contributed by atoms with van der Waals surface area (Å²) in [7, 11) is 0. The summed E-state index contributed by atoms with van der Waals surface area (Å²) in [4.78, 5) is 16.0. The monoisotopic (exact) mass is 294 g/mol. The largest absolute Gasteiger partial charge is 0.387 e. The Bertz CT molecular complexity index is 626. The Morgan fingerprint density at radius 2 is 2.21 bits per heavy atom. The van der Waals surface area contributed by atoms with Crippen LogP contribution in [0.1, 0.15) is 5.82 Å². The van der Waals surface area contributed by atoms with E-state index in [2.05, 4.69) is 10.3 Å². The molecule has 0 saturated carbocycles. The third-order valence-corrected chi connectivity index (χ3v) is 2.91. The molecule has 5 nitrogen and oxygen atoms in total. The SMILES string of the molecule is NC(=S)c1nccn1CC(=O)Nc1ccccc1Cl. The lowest BCUT2D eigenvalue weighted by atomic mass is 10.3. The lowest BCUT2D eigenvalue weighted by molar-refractivity contribution is -0.116. The van der Waals surface area contributed by atoms with E-state index in [1.807, 2.05) is 0 Å². The van der Waals surface area contributed by atoms with Crippen LogP contribution < -0.4 is 11.1 Å². The molecule has 1 aromatic carbocycles. The maximum Gasteiger partial charge on any atom is 0.244 e. The number of nitrogens with one attached hydrogen (secondary N) is 1. The lowest BCUT2D eigenvalue weighted by Crippen LogP contribution is -2.23. The standard InChI is InChI=1S/C12H11ClN4OS/c13-8-3-1-2-4-9(8)16-10(18)7-17-6-5-15-12(17)11(14)19/h1-6H,7H2,(H2,14,19)(H,16,18). The van der Waals surface area contributed by atoms with Crippen LogP contribution in [0.15, 0.2) is 36.7 Å². The number of imidazole rings is 1. The Morgan fingerprint density at radius 3 is 2.89 bits per heavy atom. The maximum atomic E-state index is 11.9. The molecule has 0 spiro atoms. The van der Waals surface area contributed by atoms with Crippen molar-refractivity contribution in [3.8, 4) is 0 Å². The number of carbonyl (C=O) groups is 1. The Balaban J connectivity index is 2.08. The van der Waals surface area contributed by atoms with Gasteiger partial charge in [-0.2, -0.15) is 0 Å². The molecule has 0 aliphatic heterocycles. The molecule has 1 aromatic heterocycles. The van der Waals surface area contributed by atoms with E-state index in [0.29, 0.717) is 16.5 Å². The number of rotatable bonds is 4. The van der Waals surface area contributed by atoms with Gasteiger partial charge in [-0.15, -0.1) is 0 Å². The highest BCUT2D eigenvalue weighted by Gasteiger charge is 2.10. The number of aromatic nitrogens is 2. The number of thiocarbonyl (C=S) groups is 1. The van der Waals surface area contributed by atoms with Crippen molar-refractivity contribution >= 4 is 40.4 Å². The number of anilines is 1. The second kappa shape index (κ2) is 5.81. The summed E-state index contributed by atoms with van der Waals surface area (Å²) in [5, 5.41) is 3.19. The Hall–Kier alpha value is -1.92. The average Bonchev–Trinajstić information content (AvgIpc) is 2.80. The molecule has 7 heteroatoms. The van der Waals surface area contributed by atoms with Gasteiger partial charge in [-0.25, -0.2) is 4.98 Å². The van der Waals surface area contributed by atoms with Crippen molar-refractivity contribution < 1.29 is 4.79 Å². The molecule has 0 atom stereocenters. The van der Waals surface area contributed by atoms with Crippen molar-refractivity contribution in [2.24, 2.45) is 5.73 Å². The van der Waals surface area contributed by atoms with Crippen molar-refractivity contribution in [1.82, 2.24) is 9.55 Å². The van der Waals surface area contributed by atoms with Gasteiger partial charge in [0.05, 0.1) is 10.7 Å². The van der Waals surface area contributed by atoms with E-state index in [4.69, 9.17) is 29.6 Å². The minimum absolute atomic E-state index is 0.0674. The second-order valence-corrected chi connectivity index (χ2v) is 4.62. The molecule has 1 amide bonds. The fourth-order valence-electron chi connectivity index (χ4n) is 1.57. The van der Waals surface area contributed by atoms with E-state index in [-0.39, 0.29) is 17.4 Å². The molecular weight excluding hydrogens is 284 g/mol. The summed E-state index contributed by atoms with van der Waals surface area (Å²) in [5.74, 6) is 0.174. The number of benzene rings is 1. The van der Waals surface area contributed by atoms with Crippen LogP contribution in [0.4, 0.5) is 5.69 Å². The highest BCUT2D eigenvalue weighted by Crippen LogP contribution is 2.20. The first-order chi connectivity index (χ1) is 9.08. The molecule has 2 aromatic rings. The number of para-hydroxylation sites is 1. The lowest BCUT2D eigenvalue weighted by Gasteiger charge is -2.09. The van der Waals surface area contributed by atoms with Crippen LogP contribution in [0.5, 0.6) is 0 Å². The number of nitrogens with zero attached hydrogens (tertiary/aromatic N) is 2. The van der Waals surface area contributed by atoms with E-state index < -0.39 is 0 Å². The molecule has 0 aliphatic rings. The van der Waals surface area contributed by atoms with Gasteiger partial charge in [-0.1, -0.05) is 36.0 Å². The topological polar surface area (TPSA) is 72.9 Å². The van der Waals surface area contributed by atoms with Gasteiger partial charge in [-0.05, 0) is 12.1 Å². The summed E-state index contributed by atoms with van der Waals surface area (Å²) in [6.45, 7) is 0.0674. The van der Waals surface area contributed by atoms with Gasteiger partial charge >= 0.3 is 0 Å². The van der Waals surface area contributed by atoms with Gasteiger partial charge in [0.25, 0.3) is 0 Å². The minimum Gasteiger partial charge on any atom is -0.387 e. The quantitative estimate of drug-likeness (QED) is 0.844. The molecule has 0 bridgehead atoms. The fraction of sp³-hybridized carbons (Fsp3) is 0.0833. The number of hydrogen-bond donors (Lipinski definition) is 2. The summed E-state index contributed by atoms with van der Waals surface area (Å²) in [6, 6.07) is 7.01. The summed E-state index contributed by atoms with van der Waals surface area (Å²) in [6.07, 6.45) is 3.18. The zero-order valence-electron chi connectivity index (χ0n) is 9.84. The number of halogens is 1. The first-order valence-electron chi connectivity index (χ1n) is 5.43. The molecule has 0 fully saturated rings. The van der Waals surface area contributed by atoms with Crippen molar-refractivity contribution in [3.63, 3.8) is 0 Å². The normalized spacial score (nSPS) is 10.2. The third kappa shape index (κ3) is 3.30. The van der Waals surface area contributed by atoms with Crippen molar-refractivity contribution in [1.29, 1.82) is 0 Å². The van der Waals surface area contributed by atoms with Crippen LogP contribution >= 0.6 is 23.8 Å². The fourth-order valence-corrected chi connectivity index (χ4v) is 1.92. The van der Waals surface area contributed by atoms with Gasteiger partial charge in [0.1, 0.15) is 11.5 Å². The molecular formula is C12H11ClN4OS. The minimum atomic E-state index is -0.233. The van der Waals surface area contributed by atoms with Crippen molar-refractivity contribution in [3.05, 3.63) is 47.5 Å². The Morgan fingerprint density at radius 1 is 1.47 bits per heavy atom. The van der Waals surface area contributed by atoms with Crippen LogP contribution in [0, 0.1) is 0 Å². The van der Waals surface area contributed by atoms with E-state index in [1.54, 1.807) is 35.0 Å². The molecule has 0 radical (unpaired) electrons. The smallest absolute Gasteiger partial charge is 0.244 e. The predicted octanol–water partition coefficient (Wildman–Crippen LogP) is 1.81. The number of amides is 1.